The van der Waals surface area contributed by atoms with E-state index in [4.69, 9.17) is 33.7 Å². The van der Waals surface area contributed by atoms with Crippen molar-refractivity contribution in [2.45, 2.75) is 25.0 Å². The average molecular weight is 308 g/mol. The number of para-hydroxylation sites is 1. The fraction of sp³-hybridized carbons (Fsp3) is 0.250. The molecule has 0 radical (unpaired) electrons. The van der Waals surface area contributed by atoms with Crippen molar-refractivity contribution in [1.82, 2.24) is 0 Å². The third-order valence-corrected chi connectivity index (χ3v) is 4.36. The molecule has 2 aromatic rings. The van der Waals surface area contributed by atoms with Crippen LogP contribution < -0.4 is 10.5 Å². The Hall–Kier alpha value is -1.22. The quantitative estimate of drug-likeness (QED) is 0.934. The van der Waals surface area contributed by atoms with Crippen LogP contribution in [0.4, 0.5) is 0 Å². The van der Waals surface area contributed by atoms with Crippen molar-refractivity contribution in [3.8, 4) is 5.75 Å². The molecular weight excluding hydrogens is 293 g/mol. The molecule has 2 unspecified atom stereocenters. The van der Waals surface area contributed by atoms with Crippen molar-refractivity contribution in [3.63, 3.8) is 0 Å². The Bertz CT molecular complexity index is 584. The summed E-state index contributed by atoms with van der Waals surface area (Å²) in [4.78, 5) is 0. The Morgan fingerprint density at radius 3 is 2.50 bits per heavy atom. The van der Waals surface area contributed by atoms with Gasteiger partial charge in [-0.1, -0.05) is 47.5 Å². The summed E-state index contributed by atoms with van der Waals surface area (Å²) < 4.78 is 5.91. The van der Waals surface area contributed by atoms with E-state index in [0.717, 1.165) is 17.7 Å². The minimum atomic E-state index is -0.139. The highest BCUT2D eigenvalue weighted by atomic mass is 35.5. The lowest BCUT2D eigenvalue weighted by atomic mass is 9.98. The van der Waals surface area contributed by atoms with Crippen LogP contribution in [0, 0.1) is 0 Å². The summed E-state index contributed by atoms with van der Waals surface area (Å²) in [7, 11) is 0. The monoisotopic (exact) mass is 307 g/mol. The summed E-state index contributed by atoms with van der Waals surface area (Å²) in [6, 6.07) is 13.4. The highest BCUT2D eigenvalue weighted by molar-refractivity contribution is 6.36. The maximum atomic E-state index is 6.29. The van der Waals surface area contributed by atoms with E-state index in [1.807, 2.05) is 36.4 Å². The topological polar surface area (TPSA) is 35.2 Å². The molecule has 0 saturated carbocycles. The van der Waals surface area contributed by atoms with Gasteiger partial charge < -0.3 is 10.5 Å². The van der Waals surface area contributed by atoms with E-state index >= 15 is 0 Å². The van der Waals surface area contributed by atoms with Crippen LogP contribution in [-0.2, 0) is 12.8 Å². The highest BCUT2D eigenvalue weighted by Gasteiger charge is 2.28. The molecule has 2 N–H and O–H groups in total. The van der Waals surface area contributed by atoms with Crippen LogP contribution in [0.3, 0.4) is 0 Å². The molecule has 0 spiro atoms. The number of ether oxygens (including phenoxy) is 1. The first-order valence-corrected chi connectivity index (χ1v) is 7.34. The van der Waals surface area contributed by atoms with Crippen molar-refractivity contribution in [3.05, 3.63) is 63.6 Å². The zero-order valence-corrected chi connectivity index (χ0v) is 12.4. The summed E-state index contributed by atoms with van der Waals surface area (Å²) in [6.45, 7) is 0. The van der Waals surface area contributed by atoms with Crippen LogP contribution in [0.2, 0.25) is 10.0 Å². The van der Waals surface area contributed by atoms with E-state index < -0.39 is 0 Å². The fourth-order valence-corrected chi connectivity index (χ4v) is 3.09. The first-order chi connectivity index (χ1) is 9.65. The molecule has 2 nitrogen and oxygen atoms in total. The normalized spacial score (nSPS) is 18.4. The van der Waals surface area contributed by atoms with Gasteiger partial charge in [0.05, 0.1) is 0 Å². The third kappa shape index (κ3) is 2.64. The molecule has 4 heteroatoms. The van der Waals surface area contributed by atoms with Gasteiger partial charge in [-0.05, 0) is 35.7 Å². The average Bonchev–Trinajstić information content (AvgIpc) is 2.87. The minimum absolute atomic E-state index is 0.0280. The molecule has 0 fully saturated rings. The molecule has 2 aromatic carbocycles. The van der Waals surface area contributed by atoms with Gasteiger partial charge in [0.1, 0.15) is 11.9 Å². The van der Waals surface area contributed by atoms with Gasteiger partial charge in [0.25, 0.3) is 0 Å². The second-order valence-electron chi connectivity index (χ2n) is 5.04. The van der Waals surface area contributed by atoms with Gasteiger partial charge in [0.15, 0.2) is 0 Å². The highest BCUT2D eigenvalue weighted by Crippen LogP contribution is 2.31. The molecule has 1 aliphatic heterocycles. The molecule has 104 valence electrons. The number of fused-ring (bicyclic) bond motifs is 1. The van der Waals surface area contributed by atoms with Crippen LogP contribution in [-0.4, -0.2) is 12.1 Å². The predicted molar refractivity (Wildman–Crippen MR) is 82.7 cm³/mol. The van der Waals surface area contributed by atoms with Crippen molar-refractivity contribution in [2.75, 3.05) is 0 Å². The molecule has 1 heterocycles. The maximum absolute atomic E-state index is 6.29. The second-order valence-corrected chi connectivity index (χ2v) is 5.85. The van der Waals surface area contributed by atoms with Crippen LogP contribution in [0.5, 0.6) is 5.75 Å². The molecular formula is C16H15Cl2NO. The molecule has 1 aliphatic rings. The summed E-state index contributed by atoms with van der Waals surface area (Å²) in [5, 5.41) is 1.31. The lowest BCUT2D eigenvalue weighted by molar-refractivity contribution is 0.198. The predicted octanol–water partition coefficient (Wildman–Crippen LogP) is 3.87. The summed E-state index contributed by atoms with van der Waals surface area (Å²) >= 11 is 12.4. The van der Waals surface area contributed by atoms with Crippen molar-refractivity contribution >= 4 is 23.2 Å². The Balaban J connectivity index is 1.74. The molecule has 0 saturated heterocycles. The van der Waals surface area contributed by atoms with Crippen LogP contribution >= 0.6 is 23.2 Å². The summed E-state index contributed by atoms with van der Waals surface area (Å²) in [6.07, 6.45) is 1.41. The smallest absolute Gasteiger partial charge is 0.123 e. The second kappa shape index (κ2) is 5.65. The van der Waals surface area contributed by atoms with Gasteiger partial charge >= 0.3 is 0 Å². The van der Waals surface area contributed by atoms with Crippen molar-refractivity contribution < 1.29 is 4.74 Å². The van der Waals surface area contributed by atoms with E-state index in [-0.39, 0.29) is 12.1 Å². The van der Waals surface area contributed by atoms with E-state index in [1.54, 1.807) is 0 Å². The Morgan fingerprint density at radius 1 is 1.10 bits per heavy atom. The van der Waals surface area contributed by atoms with E-state index in [0.29, 0.717) is 16.5 Å². The molecule has 0 amide bonds. The first-order valence-electron chi connectivity index (χ1n) is 6.58. The van der Waals surface area contributed by atoms with E-state index in [1.165, 1.54) is 5.56 Å². The van der Waals surface area contributed by atoms with Crippen LogP contribution in [0.25, 0.3) is 0 Å². The third-order valence-electron chi connectivity index (χ3n) is 3.65. The number of rotatable bonds is 3. The van der Waals surface area contributed by atoms with Crippen molar-refractivity contribution in [2.24, 2.45) is 5.73 Å². The Morgan fingerprint density at radius 2 is 1.80 bits per heavy atom. The van der Waals surface area contributed by atoms with Gasteiger partial charge in [-0.3, -0.25) is 0 Å². The molecule has 3 rings (SSSR count). The maximum Gasteiger partial charge on any atom is 0.123 e. The number of benzene rings is 2. The molecule has 20 heavy (non-hydrogen) atoms. The van der Waals surface area contributed by atoms with Gasteiger partial charge in [-0.15, -0.1) is 0 Å². The SMILES string of the molecule is NC(Cc1c(Cl)cccc1Cl)C1Cc2ccccc2O1. The number of hydrogen-bond donors (Lipinski definition) is 1. The van der Waals surface area contributed by atoms with E-state index in [9.17, 15) is 0 Å². The number of hydrogen-bond acceptors (Lipinski definition) is 2. The molecule has 0 aliphatic carbocycles. The lowest BCUT2D eigenvalue weighted by Gasteiger charge is -2.20. The lowest BCUT2D eigenvalue weighted by Crippen LogP contribution is -2.39. The first kappa shape index (κ1) is 13.7. The summed E-state index contributed by atoms with van der Waals surface area (Å²) in [5.41, 5.74) is 8.38. The zero-order valence-electron chi connectivity index (χ0n) is 10.9. The molecule has 0 aromatic heterocycles. The fourth-order valence-electron chi connectivity index (χ4n) is 2.54. The Labute approximate surface area is 128 Å². The zero-order chi connectivity index (χ0) is 14.1. The van der Waals surface area contributed by atoms with E-state index in [2.05, 4.69) is 6.07 Å². The number of nitrogens with two attached hydrogens (primary N) is 1. The largest absolute Gasteiger partial charge is 0.488 e. The van der Waals surface area contributed by atoms with Gasteiger partial charge in [0.2, 0.25) is 0 Å². The standard InChI is InChI=1S/C16H15Cl2NO/c17-12-5-3-6-13(18)11(12)9-14(19)16-8-10-4-1-2-7-15(10)20-16/h1-7,14,16H,8-9,19H2. The van der Waals surface area contributed by atoms with Crippen LogP contribution in [0.15, 0.2) is 42.5 Å². The summed E-state index contributed by atoms with van der Waals surface area (Å²) in [5.74, 6) is 0.929. The molecule has 2 atom stereocenters. The van der Waals surface area contributed by atoms with Crippen LogP contribution in [0.1, 0.15) is 11.1 Å². The van der Waals surface area contributed by atoms with Crippen molar-refractivity contribution in [1.29, 1.82) is 0 Å². The number of halogens is 2. The minimum Gasteiger partial charge on any atom is -0.488 e. The van der Waals surface area contributed by atoms with Gasteiger partial charge in [-0.2, -0.15) is 0 Å². The molecule has 0 bridgehead atoms. The van der Waals surface area contributed by atoms with Gasteiger partial charge in [-0.25, -0.2) is 0 Å². The Kier molecular flexibility index (Phi) is 3.88. The van der Waals surface area contributed by atoms with Gasteiger partial charge in [0, 0.05) is 22.5 Å².